The standard InChI is InChI=1S/C22H14BrNO3S/c23-17-8-5-7-15(12-17)19(25)14-27-22(26)18-9-2-4-11-21(18)28-20-10-3-1-6-16(20)13-24/h1-12H,14H2. The van der Waals surface area contributed by atoms with Gasteiger partial charge in [0, 0.05) is 19.8 Å². The predicted molar refractivity (Wildman–Crippen MR) is 110 cm³/mol. The van der Waals surface area contributed by atoms with Crippen LogP contribution < -0.4 is 0 Å². The molecule has 0 aliphatic rings. The molecule has 0 amide bonds. The van der Waals surface area contributed by atoms with Crippen LogP contribution in [-0.2, 0) is 4.74 Å². The number of ketones is 1. The van der Waals surface area contributed by atoms with E-state index >= 15 is 0 Å². The van der Waals surface area contributed by atoms with E-state index in [0.29, 0.717) is 21.6 Å². The Balaban J connectivity index is 1.74. The third-order valence-corrected chi connectivity index (χ3v) is 5.46. The molecule has 6 heteroatoms. The Labute approximate surface area is 175 Å². The average molecular weight is 452 g/mol. The second-order valence-electron chi connectivity index (χ2n) is 5.72. The van der Waals surface area contributed by atoms with E-state index in [9.17, 15) is 14.9 Å². The van der Waals surface area contributed by atoms with Crippen molar-refractivity contribution in [1.29, 1.82) is 5.26 Å². The highest BCUT2D eigenvalue weighted by atomic mass is 79.9. The Hall–Kier alpha value is -2.88. The summed E-state index contributed by atoms with van der Waals surface area (Å²) in [5, 5.41) is 9.25. The van der Waals surface area contributed by atoms with Gasteiger partial charge in [-0.1, -0.05) is 64.1 Å². The number of ether oxygens (including phenoxy) is 1. The average Bonchev–Trinajstić information content (AvgIpc) is 2.72. The van der Waals surface area contributed by atoms with E-state index in [0.717, 1.165) is 9.37 Å². The van der Waals surface area contributed by atoms with Crippen LogP contribution in [0.3, 0.4) is 0 Å². The fraction of sp³-hybridized carbons (Fsp3) is 0.0455. The van der Waals surface area contributed by atoms with Crippen LogP contribution in [0.5, 0.6) is 0 Å². The molecule has 0 aliphatic carbocycles. The molecule has 0 saturated heterocycles. The highest BCUT2D eigenvalue weighted by Crippen LogP contribution is 2.32. The van der Waals surface area contributed by atoms with Gasteiger partial charge < -0.3 is 4.74 Å². The van der Waals surface area contributed by atoms with Crippen LogP contribution in [0.2, 0.25) is 0 Å². The van der Waals surface area contributed by atoms with Crippen molar-refractivity contribution in [2.75, 3.05) is 6.61 Å². The van der Waals surface area contributed by atoms with Gasteiger partial charge in [0.25, 0.3) is 0 Å². The summed E-state index contributed by atoms with van der Waals surface area (Å²) in [5.74, 6) is -0.865. The zero-order valence-corrected chi connectivity index (χ0v) is 17.0. The maximum atomic E-state index is 12.6. The summed E-state index contributed by atoms with van der Waals surface area (Å²) >= 11 is 4.63. The molecule has 0 atom stereocenters. The first-order valence-electron chi connectivity index (χ1n) is 8.30. The molecular weight excluding hydrogens is 438 g/mol. The van der Waals surface area contributed by atoms with Gasteiger partial charge in [0.2, 0.25) is 0 Å². The monoisotopic (exact) mass is 451 g/mol. The van der Waals surface area contributed by atoms with E-state index in [1.54, 1.807) is 54.6 Å². The Morgan fingerprint density at radius 3 is 2.43 bits per heavy atom. The van der Waals surface area contributed by atoms with Crippen LogP contribution in [0.1, 0.15) is 26.3 Å². The number of halogens is 1. The largest absolute Gasteiger partial charge is 0.454 e. The first-order chi connectivity index (χ1) is 13.6. The summed E-state index contributed by atoms with van der Waals surface area (Å²) in [5.41, 5.74) is 1.34. The molecule has 0 radical (unpaired) electrons. The van der Waals surface area contributed by atoms with Crippen LogP contribution >= 0.6 is 27.7 Å². The van der Waals surface area contributed by atoms with Gasteiger partial charge in [-0.2, -0.15) is 5.26 Å². The fourth-order valence-electron chi connectivity index (χ4n) is 2.44. The number of carbonyl (C=O) groups is 2. The zero-order chi connectivity index (χ0) is 19.9. The van der Waals surface area contributed by atoms with Crippen LogP contribution in [0.25, 0.3) is 0 Å². The van der Waals surface area contributed by atoms with Crippen LogP contribution in [-0.4, -0.2) is 18.4 Å². The van der Waals surface area contributed by atoms with Gasteiger partial charge in [-0.25, -0.2) is 4.79 Å². The van der Waals surface area contributed by atoms with Gasteiger partial charge in [0.1, 0.15) is 6.07 Å². The van der Waals surface area contributed by atoms with Crippen molar-refractivity contribution in [3.05, 3.63) is 94.0 Å². The number of nitrogens with zero attached hydrogens (tertiary/aromatic N) is 1. The molecule has 138 valence electrons. The maximum absolute atomic E-state index is 12.6. The summed E-state index contributed by atoms with van der Waals surface area (Å²) in [7, 11) is 0. The molecule has 3 aromatic carbocycles. The third kappa shape index (κ3) is 4.89. The Morgan fingerprint density at radius 1 is 0.964 bits per heavy atom. The van der Waals surface area contributed by atoms with Gasteiger partial charge in [-0.15, -0.1) is 0 Å². The van der Waals surface area contributed by atoms with Gasteiger partial charge in [-0.3, -0.25) is 4.79 Å². The van der Waals surface area contributed by atoms with Crippen LogP contribution in [0.15, 0.2) is 87.1 Å². The summed E-state index contributed by atoms with van der Waals surface area (Å²) in [6.45, 7) is -0.344. The lowest BCUT2D eigenvalue weighted by atomic mass is 10.1. The van der Waals surface area contributed by atoms with Crippen molar-refractivity contribution < 1.29 is 14.3 Å². The van der Waals surface area contributed by atoms with Crippen molar-refractivity contribution in [1.82, 2.24) is 0 Å². The second kappa shape index (κ2) is 9.36. The zero-order valence-electron chi connectivity index (χ0n) is 14.6. The summed E-state index contributed by atoms with van der Waals surface area (Å²) in [4.78, 5) is 26.2. The molecule has 0 bridgehead atoms. The summed E-state index contributed by atoms with van der Waals surface area (Å²) < 4.78 is 6.02. The minimum Gasteiger partial charge on any atom is -0.454 e. The fourth-order valence-corrected chi connectivity index (χ4v) is 3.86. The first-order valence-corrected chi connectivity index (χ1v) is 9.91. The molecule has 0 fully saturated rings. The molecule has 0 aromatic heterocycles. The molecule has 4 nitrogen and oxygen atoms in total. The van der Waals surface area contributed by atoms with Gasteiger partial charge >= 0.3 is 5.97 Å². The molecule has 3 aromatic rings. The first kappa shape index (κ1) is 19.9. The molecule has 0 unspecified atom stereocenters. The number of Topliss-reactive ketones (excluding diaryl/α,β-unsaturated/α-hetero) is 1. The van der Waals surface area contributed by atoms with Crippen molar-refractivity contribution in [2.24, 2.45) is 0 Å². The SMILES string of the molecule is N#Cc1ccccc1Sc1ccccc1C(=O)OCC(=O)c1cccc(Br)c1. The summed E-state index contributed by atoms with van der Waals surface area (Å²) in [6, 6.07) is 23.2. The normalized spacial score (nSPS) is 10.1. The van der Waals surface area contributed by atoms with E-state index in [4.69, 9.17) is 4.74 Å². The molecule has 28 heavy (non-hydrogen) atoms. The van der Waals surface area contributed by atoms with E-state index in [1.807, 2.05) is 18.2 Å². The molecule has 3 rings (SSSR count). The minimum atomic E-state index is -0.583. The lowest BCUT2D eigenvalue weighted by molar-refractivity contribution is 0.0471. The lowest BCUT2D eigenvalue weighted by Gasteiger charge is -2.10. The van der Waals surface area contributed by atoms with Crippen molar-refractivity contribution in [3.8, 4) is 6.07 Å². The molecule has 0 N–H and O–H groups in total. The smallest absolute Gasteiger partial charge is 0.339 e. The molecular formula is C22H14BrNO3S. The number of esters is 1. The number of nitriles is 1. The maximum Gasteiger partial charge on any atom is 0.339 e. The number of benzene rings is 3. The third-order valence-electron chi connectivity index (χ3n) is 3.82. The second-order valence-corrected chi connectivity index (χ2v) is 7.72. The number of carbonyl (C=O) groups excluding carboxylic acids is 2. The topological polar surface area (TPSA) is 67.2 Å². The quantitative estimate of drug-likeness (QED) is 0.364. The Bertz CT molecular complexity index is 1080. The van der Waals surface area contributed by atoms with Gasteiger partial charge in [0.15, 0.2) is 12.4 Å². The molecule has 0 saturated carbocycles. The number of hydrogen-bond acceptors (Lipinski definition) is 5. The number of hydrogen-bond donors (Lipinski definition) is 0. The highest BCUT2D eigenvalue weighted by molar-refractivity contribution is 9.10. The van der Waals surface area contributed by atoms with Crippen LogP contribution in [0, 0.1) is 11.3 Å². The van der Waals surface area contributed by atoms with Gasteiger partial charge in [0.05, 0.1) is 11.1 Å². The molecule has 0 spiro atoms. The lowest BCUT2D eigenvalue weighted by Crippen LogP contribution is -2.14. The predicted octanol–water partition coefficient (Wildman–Crippen LogP) is 5.51. The molecule has 0 heterocycles. The van der Waals surface area contributed by atoms with Crippen molar-refractivity contribution >= 4 is 39.4 Å². The highest BCUT2D eigenvalue weighted by Gasteiger charge is 2.16. The van der Waals surface area contributed by atoms with Crippen LogP contribution in [0.4, 0.5) is 0 Å². The van der Waals surface area contributed by atoms with E-state index in [2.05, 4.69) is 22.0 Å². The minimum absolute atomic E-state index is 0.283. The van der Waals surface area contributed by atoms with E-state index in [-0.39, 0.29) is 12.4 Å². The van der Waals surface area contributed by atoms with E-state index in [1.165, 1.54) is 11.8 Å². The van der Waals surface area contributed by atoms with Crippen molar-refractivity contribution in [3.63, 3.8) is 0 Å². The Kier molecular flexibility index (Phi) is 6.64. The summed E-state index contributed by atoms with van der Waals surface area (Å²) in [6.07, 6.45) is 0. The van der Waals surface area contributed by atoms with Gasteiger partial charge in [-0.05, 0) is 36.4 Å². The van der Waals surface area contributed by atoms with E-state index < -0.39 is 5.97 Å². The number of rotatable bonds is 6. The Morgan fingerprint density at radius 2 is 1.68 bits per heavy atom. The van der Waals surface area contributed by atoms with Crippen molar-refractivity contribution in [2.45, 2.75) is 9.79 Å². The molecule has 0 aliphatic heterocycles.